The van der Waals surface area contributed by atoms with E-state index in [1.165, 1.54) is 0 Å². The van der Waals surface area contributed by atoms with Crippen LogP contribution in [0.15, 0.2) is 29.2 Å². The maximum atomic E-state index is 12.3. The Balaban J connectivity index is 2.94. The summed E-state index contributed by atoms with van der Waals surface area (Å²) in [5.74, 6) is 0.532. The van der Waals surface area contributed by atoms with Gasteiger partial charge >= 0.3 is 0 Å². The molecule has 1 unspecified atom stereocenters. The third-order valence-corrected chi connectivity index (χ3v) is 5.01. The van der Waals surface area contributed by atoms with Crippen LogP contribution in [-0.4, -0.2) is 25.2 Å². The Morgan fingerprint density at radius 2 is 1.65 bits per heavy atom. The average molecular weight is 299 g/mol. The molecular formula is C15H25NO3S. The maximum Gasteiger partial charge on any atom is 0.241 e. The molecule has 2 N–H and O–H groups in total. The number of aliphatic hydroxyl groups is 1. The van der Waals surface area contributed by atoms with Crippen LogP contribution in [0.1, 0.15) is 40.2 Å². The first-order valence-electron chi connectivity index (χ1n) is 6.85. The third kappa shape index (κ3) is 4.58. The molecule has 0 bridgehead atoms. The van der Waals surface area contributed by atoms with Gasteiger partial charge in [-0.2, -0.15) is 0 Å². The molecule has 0 aromatic heterocycles. The number of benzene rings is 1. The van der Waals surface area contributed by atoms with Crippen molar-refractivity contribution in [2.24, 2.45) is 5.92 Å². The molecule has 0 saturated carbocycles. The molecule has 20 heavy (non-hydrogen) atoms. The van der Waals surface area contributed by atoms with Crippen LogP contribution in [0.5, 0.6) is 0 Å². The second-order valence-corrected chi connectivity index (χ2v) is 7.93. The first kappa shape index (κ1) is 17.1. The highest BCUT2D eigenvalue weighted by Gasteiger charge is 2.30. The molecule has 1 atom stereocenters. The average Bonchev–Trinajstić information content (AvgIpc) is 2.27. The van der Waals surface area contributed by atoms with Crippen molar-refractivity contribution in [1.82, 2.24) is 4.72 Å². The lowest BCUT2D eigenvalue weighted by atomic mass is 10.0. The first-order chi connectivity index (χ1) is 9.04. The molecule has 1 aromatic rings. The summed E-state index contributed by atoms with van der Waals surface area (Å²) in [6.07, 6.45) is 0.143. The molecule has 0 heterocycles. The molecule has 4 nitrogen and oxygen atoms in total. The lowest BCUT2D eigenvalue weighted by Crippen LogP contribution is -2.50. The fourth-order valence-corrected chi connectivity index (χ4v) is 3.24. The second kappa shape index (κ2) is 6.24. The van der Waals surface area contributed by atoms with E-state index < -0.39 is 21.7 Å². The summed E-state index contributed by atoms with van der Waals surface area (Å²) in [4.78, 5) is 0.221. The quantitative estimate of drug-likeness (QED) is 0.847. The van der Waals surface area contributed by atoms with E-state index in [1.54, 1.807) is 32.9 Å². The number of hydrogen-bond donors (Lipinski definition) is 2. The van der Waals surface area contributed by atoms with Crippen molar-refractivity contribution in [3.63, 3.8) is 0 Å². The van der Waals surface area contributed by atoms with Gasteiger partial charge in [0.15, 0.2) is 0 Å². The summed E-state index contributed by atoms with van der Waals surface area (Å²) in [7, 11) is -3.62. The highest BCUT2D eigenvalue weighted by Crippen LogP contribution is 2.17. The lowest BCUT2D eigenvalue weighted by molar-refractivity contribution is 0.111. The van der Waals surface area contributed by atoms with Crippen LogP contribution in [0.25, 0.3) is 0 Å². The SMILES string of the molecule is CC(C)Cc1ccc(S(=O)(=O)NC(C)(C)C(C)O)cc1. The Kier molecular flexibility index (Phi) is 5.35. The molecule has 0 saturated heterocycles. The van der Waals surface area contributed by atoms with E-state index in [4.69, 9.17) is 0 Å². The zero-order chi connectivity index (χ0) is 15.6. The molecule has 0 amide bonds. The van der Waals surface area contributed by atoms with Crippen LogP contribution >= 0.6 is 0 Å². The second-order valence-electron chi connectivity index (χ2n) is 6.25. The van der Waals surface area contributed by atoms with Gasteiger partial charge in [-0.1, -0.05) is 26.0 Å². The molecule has 1 aromatic carbocycles. The largest absolute Gasteiger partial charge is 0.391 e. The van der Waals surface area contributed by atoms with Gasteiger partial charge in [0, 0.05) is 0 Å². The summed E-state index contributed by atoms with van der Waals surface area (Å²) in [5.41, 5.74) is 0.212. The van der Waals surface area contributed by atoms with Gasteiger partial charge in [-0.25, -0.2) is 13.1 Å². The van der Waals surface area contributed by atoms with Crippen LogP contribution in [0.2, 0.25) is 0 Å². The van der Waals surface area contributed by atoms with E-state index in [2.05, 4.69) is 18.6 Å². The predicted molar refractivity (Wildman–Crippen MR) is 81.1 cm³/mol. The minimum Gasteiger partial charge on any atom is -0.391 e. The Morgan fingerprint density at radius 1 is 1.15 bits per heavy atom. The van der Waals surface area contributed by atoms with Gasteiger partial charge in [0.25, 0.3) is 0 Å². The number of hydrogen-bond acceptors (Lipinski definition) is 3. The Hall–Kier alpha value is -0.910. The smallest absolute Gasteiger partial charge is 0.241 e. The summed E-state index contributed by atoms with van der Waals surface area (Å²) in [6.45, 7) is 9.12. The molecule has 5 heteroatoms. The standard InChI is InChI=1S/C15H25NO3S/c1-11(2)10-13-6-8-14(9-7-13)20(18,19)16-15(4,5)12(3)17/h6-9,11-12,16-17H,10H2,1-5H3. The highest BCUT2D eigenvalue weighted by atomic mass is 32.2. The normalized spacial score (nSPS) is 14.6. The summed E-state index contributed by atoms with van der Waals surface area (Å²) in [5, 5.41) is 9.61. The number of aliphatic hydroxyl groups excluding tert-OH is 1. The highest BCUT2D eigenvalue weighted by molar-refractivity contribution is 7.89. The topological polar surface area (TPSA) is 66.4 Å². The molecule has 0 fully saturated rings. The van der Waals surface area contributed by atoms with Crippen LogP contribution in [0, 0.1) is 5.92 Å². The third-order valence-electron chi connectivity index (χ3n) is 3.32. The molecule has 0 aliphatic carbocycles. The van der Waals surface area contributed by atoms with Gasteiger partial charge < -0.3 is 5.11 Å². The van der Waals surface area contributed by atoms with Crippen molar-refractivity contribution in [3.8, 4) is 0 Å². The molecule has 0 aliphatic rings. The van der Waals surface area contributed by atoms with E-state index in [0.29, 0.717) is 5.92 Å². The van der Waals surface area contributed by atoms with Crippen molar-refractivity contribution in [2.45, 2.75) is 57.6 Å². The van der Waals surface area contributed by atoms with E-state index in [-0.39, 0.29) is 4.90 Å². The summed E-state index contributed by atoms with van der Waals surface area (Å²) in [6, 6.07) is 6.89. The maximum absolute atomic E-state index is 12.3. The fourth-order valence-electron chi connectivity index (χ4n) is 1.77. The monoisotopic (exact) mass is 299 g/mol. The van der Waals surface area contributed by atoms with Crippen LogP contribution in [0.3, 0.4) is 0 Å². The summed E-state index contributed by atoms with van der Waals surface area (Å²) < 4.78 is 27.1. The van der Waals surface area contributed by atoms with E-state index in [1.807, 2.05) is 12.1 Å². The van der Waals surface area contributed by atoms with Gasteiger partial charge in [-0.15, -0.1) is 0 Å². The van der Waals surface area contributed by atoms with E-state index in [9.17, 15) is 13.5 Å². The minimum absolute atomic E-state index is 0.221. The zero-order valence-corrected chi connectivity index (χ0v) is 13.7. The molecule has 114 valence electrons. The molecule has 0 radical (unpaired) electrons. The Labute approximate surface area is 122 Å². The number of sulfonamides is 1. The van der Waals surface area contributed by atoms with Gasteiger partial charge in [-0.05, 0) is 50.8 Å². The number of rotatable bonds is 6. The summed E-state index contributed by atoms with van der Waals surface area (Å²) >= 11 is 0. The van der Waals surface area contributed by atoms with Gasteiger partial charge in [0.1, 0.15) is 0 Å². The molecule has 0 aliphatic heterocycles. The first-order valence-corrected chi connectivity index (χ1v) is 8.34. The fraction of sp³-hybridized carbons (Fsp3) is 0.600. The predicted octanol–water partition coefficient (Wildman–Crippen LogP) is 2.32. The van der Waals surface area contributed by atoms with Crippen LogP contribution in [-0.2, 0) is 16.4 Å². The van der Waals surface area contributed by atoms with Crippen molar-refractivity contribution >= 4 is 10.0 Å². The number of nitrogens with one attached hydrogen (secondary N) is 1. The minimum atomic E-state index is -3.62. The zero-order valence-electron chi connectivity index (χ0n) is 12.8. The molecular weight excluding hydrogens is 274 g/mol. The van der Waals surface area contributed by atoms with Crippen LogP contribution < -0.4 is 4.72 Å². The van der Waals surface area contributed by atoms with Crippen LogP contribution in [0.4, 0.5) is 0 Å². The van der Waals surface area contributed by atoms with Crippen molar-refractivity contribution in [3.05, 3.63) is 29.8 Å². The van der Waals surface area contributed by atoms with Crippen molar-refractivity contribution in [2.75, 3.05) is 0 Å². The van der Waals surface area contributed by atoms with Gasteiger partial charge in [0.05, 0.1) is 16.5 Å². The van der Waals surface area contributed by atoms with E-state index >= 15 is 0 Å². The molecule has 1 rings (SSSR count). The van der Waals surface area contributed by atoms with E-state index in [0.717, 1.165) is 12.0 Å². The van der Waals surface area contributed by atoms with Gasteiger partial charge in [0.2, 0.25) is 10.0 Å². The van der Waals surface area contributed by atoms with Gasteiger partial charge in [-0.3, -0.25) is 0 Å². The molecule has 0 spiro atoms. The Morgan fingerprint density at radius 3 is 2.05 bits per heavy atom. The lowest BCUT2D eigenvalue weighted by Gasteiger charge is -2.28. The Bertz CT molecular complexity index is 531. The van der Waals surface area contributed by atoms with Crippen molar-refractivity contribution < 1.29 is 13.5 Å². The van der Waals surface area contributed by atoms with Crippen molar-refractivity contribution in [1.29, 1.82) is 0 Å².